The average molecular weight is 266 g/mol. The number of nitrogens with one attached hydrogen (secondary N) is 1. The second-order valence-corrected chi connectivity index (χ2v) is 5.56. The predicted molar refractivity (Wildman–Crippen MR) is 75.1 cm³/mol. The SMILES string of the molecule is CCNC(Cc1ncnn1C(C)C)C1CCCOC1. The highest BCUT2D eigenvalue weighted by Gasteiger charge is 2.25. The van der Waals surface area contributed by atoms with Gasteiger partial charge in [-0.05, 0) is 39.2 Å². The average Bonchev–Trinajstić information content (AvgIpc) is 2.88. The fourth-order valence-corrected chi connectivity index (χ4v) is 2.80. The first-order valence-electron chi connectivity index (χ1n) is 7.41. The highest BCUT2D eigenvalue weighted by molar-refractivity contribution is 4.94. The monoisotopic (exact) mass is 266 g/mol. The van der Waals surface area contributed by atoms with Crippen LogP contribution in [0.5, 0.6) is 0 Å². The molecule has 5 nitrogen and oxygen atoms in total. The maximum absolute atomic E-state index is 5.62. The van der Waals surface area contributed by atoms with Gasteiger partial charge in [0.25, 0.3) is 0 Å². The molecule has 2 heterocycles. The summed E-state index contributed by atoms with van der Waals surface area (Å²) in [6, 6.07) is 0.800. The third-order valence-electron chi connectivity index (χ3n) is 3.77. The summed E-state index contributed by atoms with van der Waals surface area (Å²) < 4.78 is 7.65. The van der Waals surface area contributed by atoms with Crippen molar-refractivity contribution >= 4 is 0 Å². The van der Waals surface area contributed by atoms with Gasteiger partial charge in [0.15, 0.2) is 0 Å². The standard InChI is InChI=1S/C14H26N4O/c1-4-15-13(12-6-5-7-19-9-12)8-14-16-10-17-18(14)11(2)3/h10-13,15H,4-9H2,1-3H3. The van der Waals surface area contributed by atoms with Crippen LogP contribution in [-0.4, -0.2) is 40.6 Å². The lowest BCUT2D eigenvalue weighted by Crippen LogP contribution is -2.42. The van der Waals surface area contributed by atoms with Gasteiger partial charge in [0.1, 0.15) is 12.2 Å². The van der Waals surface area contributed by atoms with E-state index in [2.05, 4.69) is 36.2 Å². The number of rotatable bonds is 6. The molecule has 1 aliphatic heterocycles. The molecular formula is C14H26N4O. The van der Waals surface area contributed by atoms with Crippen molar-refractivity contribution in [1.29, 1.82) is 0 Å². The van der Waals surface area contributed by atoms with Crippen LogP contribution < -0.4 is 5.32 Å². The third kappa shape index (κ3) is 3.76. The lowest BCUT2D eigenvalue weighted by atomic mass is 9.91. The van der Waals surface area contributed by atoms with Gasteiger partial charge >= 0.3 is 0 Å². The van der Waals surface area contributed by atoms with E-state index in [-0.39, 0.29) is 0 Å². The summed E-state index contributed by atoms with van der Waals surface area (Å²) in [6.45, 7) is 9.21. The van der Waals surface area contributed by atoms with E-state index in [0.717, 1.165) is 32.0 Å². The number of hydrogen-bond donors (Lipinski definition) is 1. The molecule has 0 aromatic carbocycles. The minimum Gasteiger partial charge on any atom is -0.381 e. The van der Waals surface area contributed by atoms with Crippen molar-refractivity contribution < 1.29 is 4.74 Å². The summed E-state index contributed by atoms with van der Waals surface area (Å²) in [5, 5.41) is 7.92. The first-order valence-corrected chi connectivity index (χ1v) is 7.41. The van der Waals surface area contributed by atoms with E-state index in [4.69, 9.17) is 4.74 Å². The second-order valence-electron chi connectivity index (χ2n) is 5.56. The molecule has 0 spiro atoms. The second kappa shape index (κ2) is 7.01. The lowest BCUT2D eigenvalue weighted by Gasteiger charge is -2.30. The van der Waals surface area contributed by atoms with Crippen molar-refractivity contribution in [3.05, 3.63) is 12.2 Å². The van der Waals surface area contributed by atoms with Crippen LogP contribution >= 0.6 is 0 Å². The quantitative estimate of drug-likeness (QED) is 0.853. The number of likely N-dealkylation sites (N-methyl/N-ethyl adjacent to an activating group) is 1. The molecule has 1 saturated heterocycles. The van der Waals surface area contributed by atoms with Crippen molar-refractivity contribution in [1.82, 2.24) is 20.1 Å². The molecule has 1 aliphatic rings. The number of hydrogen-bond acceptors (Lipinski definition) is 4. The van der Waals surface area contributed by atoms with Crippen molar-refractivity contribution in [2.75, 3.05) is 19.8 Å². The largest absolute Gasteiger partial charge is 0.381 e. The van der Waals surface area contributed by atoms with Gasteiger partial charge in [0.05, 0.1) is 6.61 Å². The molecule has 0 aliphatic carbocycles. The Labute approximate surface area is 115 Å². The molecular weight excluding hydrogens is 240 g/mol. The molecule has 1 fully saturated rings. The fourth-order valence-electron chi connectivity index (χ4n) is 2.80. The van der Waals surface area contributed by atoms with Gasteiger partial charge in [-0.3, -0.25) is 0 Å². The summed E-state index contributed by atoms with van der Waals surface area (Å²) in [5.41, 5.74) is 0. The van der Waals surface area contributed by atoms with Crippen molar-refractivity contribution in [3.63, 3.8) is 0 Å². The molecule has 0 amide bonds. The van der Waals surface area contributed by atoms with Crippen LogP contribution in [0.3, 0.4) is 0 Å². The van der Waals surface area contributed by atoms with Gasteiger partial charge in [-0.15, -0.1) is 0 Å². The van der Waals surface area contributed by atoms with Gasteiger partial charge in [0.2, 0.25) is 0 Å². The third-order valence-corrected chi connectivity index (χ3v) is 3.77. The molecule has 0 saturated carbocycles. The van der Waals surface area contributed by atoms with E-state index in [1.165, 1.54) is 12.8 Å². The van der Waals surface area contributed by atoms with Gasteiger partial charge in [-0.25, -0.2) is 9.67 Å². The Hall–Kier alpha value is -0.940. The Morgan fingerprint density at radius 3 is 3.00 bits per heavy atom. The van der Waals surface area contributed by atoms with Crippen LogP contribution in [0.25, 0.3) is 0 Å². The van der Waals surface area contributed by atoms with Gasteiger partial charge in [0, 0.05) is 25.1 Å². The zero-order valence-corrected chi connectivity index (χ0v) is 12.3. The number of nitrogens with zero attached hydrogens (tertiary/aromatic N) is 3. The summed E-state index contributed by atoms with van der Waals surface area (Å²) in [5.74, 6) is 1.66. The Bertz CT molecular complexity index is 371. The van der Waals surface area contributed by atoms with Crippen molar-refractivity contribution in [3.8, 4) is 0 Å². The first kappa shape index (κ1) is 14.5. The molecule has 2 rings (SSSR count). The minimum atomic E-state index is 0.363. The first-order chi connectivity index (χ1) is 9.22. The predicted octanol–water partition coefficient (Wildman–Crippen LogP) is 1.81. The zero-order valence-electron chi connectivity index (χ0n) is 12.3. The molecule has 1 aromatic heterocycles. The Balaban J connectivity index is 2.04. The zero-order chi connectivity index (χ0) is 13.7. The van der Waals surface area contributed by atoms with E-state index in [1.807, 2.05) is 4.68 Å². The molecule has 0 bridgehead atoms. The van der Waals surface area contributed by atoms with E-state index >= 15 is 0 Å². The van der Waals surface area contributed by atoms with Crippen molar-refractivity contribution in [2.45, 2.75) is 52.1 Å². The highest BCUT2D eigenvalue weighted by Crippen LogP contribution is 2.20. The van der Waals surface area contributed by atoms with Crippen LogP contribution in [-0.2, 0) is 11.2 Å². The van der Waals surface area contributed by atoms with Crippen LogP contribution in [0, 0.1) is 5.92 Å². The van der Waals surface area contributed by atoms with E-state index in [1.54, 1.807) is 6.33 Å². The molecule has 1 N–H and O–H groups in total. The van der Waals surface area contributed by atoms with Crippen LogP contribution in [0.15, 0.2) is 6.33 Å². The lowest BCUT2D eigenvalue weighted by molar-refractivity contribution is 0.0391. The molecule has 2 unspecified atom stereocenters. The topological polar surface area (TPSA) is 52.0 Å². The van der Waals surface area contributed by atoms with Gasteiger partial charge < -0.3 is 10.1 Å². The van der Waals surface area contributed by atoms with Gasteiger partial charge in [-0.2, -0.15) is 5.10 Å². The summed E-state index contributed by atoms with van der Waals surface area (Å²) in [6.07, 6.45) is 5.01. The molecule has 108 valence electrons. The van der Waals surface area contributed by atoms with Crippen LogP contribution in [0.2, 0.25) is 0 Å². The normalized spacial score (nSPS) is 21.8. The van der Waals surface area contributed by atoms with E-state index in [0.29, 0.717) is 18.0 Å². The Morgan fingerprint density at radius 1 is 1.53 bits per heavy atom. The maximum atomic E-state index is 5.62. The minimum absolute atomic E-state index is 0.363. The molecule has 5 heteroatoms. The van der Waals surface area contributed by atoms with Gasteiger partial charge in [-0.1, -0.05) is 6.92 Å². The molecule has 1 aromatic rings. The number of ether oxygens (including phenoxy) is 1. The Kier molecular flexibility index (Phi) is 5.34. The van der Waals surface area contributed by atoms with Crippen LogP contribution in [0.4, 0.5) is 0 Å². The molecule has 0 radical (unpaired) electrons. The summed E-state index contributed by atoms with van der Waals surface area (Å²) in [7, 11) is 0. The molecule has 19 heavy (non-hydrogen) atoms. The fraction of sp³-hybridized carbons (Fsp3) is 0.857. The van der Waals surface area contributed by atoms with Crippen molar-refractivity contribution in [2.24, 2.45) is 5.92 Å². The molecule has 2 atom stereocenters. The van der Waals surface area contributed by atoms with E-state index < -0.39 is 0 Å². The summed E-state index contributed by atoms with van der Waals surface area (Å²) in [4.78, 5) is 4.43. The van der Waals surface area contributed by atoms with Crippen LogP contribution in [0.1, 0.15) is 45.5 Å². The number of aromatic nitrogens is 3. The summed E-state index contributed by atoms with van der Waals surface area (Å²) >= 11 is 0. The van der Waals surface area contributed by atoms with E-state index in [9.17, 15) is 0 Å². The highest BCUT2D eigenvalue weighted by atomic mass is 16.5. The smallest absolute Gasteiger partial charge is 0.138 e. The maximum Gasteiger partial charge on any atom is 0.138 e. The Morgan fingerprint density at radius 2 is 2.37 bits per heavy atom.